The lowest BCUT2D eigenvalue weighted by Crippen LogP contribution is -2.29. The molecule has 0 aliphatic carbocycles. The maximum atomic E-state index is 12.1. The molecule has 2 aromatic carbocycles. The molecule has 0 atom stereocenters. The first-order chi connectivity index (χ1) is 9.66. The molecule has 0 radical (unpaired) electrons. The molecule has 0 bridgehead atoms. The van der Waals surface area contributed by atoms with E-state index in [9.17, 15) is 9.59 Å². The van der Waals surface area contributed by atoms with Gasteiger partial charge < -0.3 is 0 Å². The van der Waals surface area contributed by atoms with Crippen molar-refractivity contribution < 1.29 is 14.4 Å². The zero-order valence-corrected chi connectivity index (χ0v) is 12.5. The molecule has 0 aromatic heterocycles. The number of fused-ring (bicyclic) bond motifs is 1. The fourth-order valence-electron chi connectivity index (χ4n) is 2.05. The molecular weight excluding hydrogens is 369 g/mol. The van der Waals surface area contributed by atoms with E-state index < -0.39 is 11.8 Å². The number of carbonyl (C=O) groups is 2. The van der Waals surface area contributed by atoms with Crippen molar-refractivity contribution in [3.05, 3.63) is 68.8 Å². The van der Waals surface area contributed by atoms with Crippen molar-refractivity contribution in [2.75, 3.05) is 0 Å². The first-order valence-electron chi connectivity index (χ1n) is 6.02. The number of amides is 2. The van der Waals surface area contributed by atoms with Crippen LogP contribution in [0.3, 0.4) is 0 Å². The summed E-state index contributed by atoms with van der Waals surface area (Å²) in [5.74, 6) is -0.813. The van der Waals surface area contributed by atoms with Crippen LogP contribution in [0.15, 0.2) is 48.5 Å². The van der Waals surface area contributed by atoms with Crippen LogP contribution in [0.2, 0.25) is 0 Å². The van der Waals surface area contributed by atoms with Gasteiger partial charge in [-0.05, 0) is 52.4 Å². The maximum absolute atomic E-state index is 12.1. The average Bonchev–Trinajstić information content (AvgIpc) is 2.70. The second-order valence-electron chi connectivity index (χ2n) is 4.35. The van der Waals surface area contributed by atoms with Crippen LogP contribution in [-0.4, -0.2) is 16.9 Å². The van der Waals surface area contributed by atoms with Gasteiger partial charge in [0.1, 0.15) is 6.61 Å². The van der Waals surface area contributed by atoms with E-state index in [1.807, 2.05) is 24.3 Å². The molecule has 1 heterocycles. The number of imide groups is 1. The number of benzene rings is 2. The van der Waals surface area contributed by atoms with Crippen molar-refractivity contribution in [2.45, 2.75) is 6.61 Å². The summed E-state index contributed by atoms with van der Waals surface area (Å²) in [5.41, 5.74) is 1.69. The van der Waals surface area contributed by atoms with Crippen LogP contribution >= 0.6 is 22.6 Å². The summed E-state index contributed by atoms with van der Waals surface area (Å²) in [5, 5.41) is 0.838. The van der Waals surface area contributed by atoms with E-state index in [-0.39, 0.29) is 6.61 Å². The minimum Gasteiger partial charge on any atom is -0.266 e. The molecule has 0 saturated carbocycles. The molecule has 1 aliphatic rings. The molecule has 100 valence electrons. The lowest BCUT2D eigenvalue weighted by atomic mass is 10.1. The van der Waals surface area contributed by atoms with Crippen LogP contribution in [0, 0.1) is 3.57 Å². The second-order valence-corrected chi connectivity index (χ2v) is 5.60. The van der Waals surface area contributed by atoms with E-state index in [1.54, 1.807) is 24.3 Å². The van der Waals surface area contributed by atoms with E-state index in [4.69, 9.17) is 4.84 Å². The van der Waals surface area contributed by atoms with E-state index in [0.29, 0.717) is 11.1 Å². The van der Waals surface area contributed by atoms with Crippen LogP contribution in [0.1, 0.15) is 26.3 Å². The van der Waals surface area contributed by atoms with Gasteiger partial charge in [-0.25, -0.2) is 0 Å². The summed E-state index contributed by atoms with van der Waals surface area (Å²) >= 11 is 2.20. The SMILES string of the molecule is O=C1c2ccccc2C(=O)N1OCc1cccc(I)c1. The van der Waals surface area contributed by atoms with Crippen molar-refractivity contribution in [1.29, 1.82) is 0 Å². The third-order valence-corrected chi connectivity index (χ3v) is 3.68. The molecular formula is C15H10INO3. The molecule has 2 aromatic rings. The minimum absolute atomic E-state index is 0.183. The summed E-state index contributed by atoms with van der Waals surface area (Å²) in [6.07, 6.45) is 0. The molecule has 20 heavy (non-hydrogen) atoms. The smallest absolute Gasteiger partial charge is 0.266 e. The minimum atomic E-state index is -0.406. The van der Waals surface area contributed by atoms with Crippen LogP contribution in [0.4, 0.5) is 0 Å². The van der Waals surface area contributed by atoms with E-state index in [2.05, 4.69) is 22.6 Å². The monoisotopic (exact) mass is 379 g/mol. The zero-order valence-electron chi connectivity index (χ0n) is 10.4. The summed E-state index contributed by atoms with van der Waals surface area (Å²) in [7, 11) is 0. The number of carbonyl (C=O) groups excluding carboxylic acids is 2. The fourth-order valence-corrected chi connectivity index (χ4v) is 2.66. The normalized spacial score (nSPS) is 13.8. The van der Waals surface area contributed by atoms with E-state index >= 15 is 0 Å². The molecule has 0 fully saturated rings. The Bertz CT molecular complexity index is 664. The van der Waals surface area contributed by atoms with Gasteiger partial charge in [-0.3, -0.25) is 14.4 Å². The number of nitrogens with zero attached hydrogens (tertiary/aromatic N) is 1. The largest absolute Gasteiger partial charge is 0.285 e. The highest BCUT2D eigenvalue weighted by Gasteiger charge is 2.36. The second kappa shape index (κ2) is 5.34. The Balaban J connectivity index is 1.77. The molecule has 5 heteroatoms. The van der Waals surface area contributed by atoms with Gasteiger partial charge in [-0.2, -0.15) is 0 Å². The summed E-state index contributed by atoms with van der Waals surface area (Å²) in [6.45, 7) is 0.183. The predicted octanol–water partition coefficient (Wildman–Crippen LogP) is 3.02. The summed E-state index contributed by atoms with van der Waals surface area (Å²) in [6, 6.07) is 14.4. The van der Waals surface area contributed by atoms with Gasteiger partial charge in [0.2, 0.25) is 0 Å². The Kier molecular flexibility index (Phi) is 3.54. The average molecular weight is 379 g/mol. The van der Waals surface area contributed by atoms with Gasteiger partial charge in [0.25, 0.3) is 11.8 Å². The van der Waals surface area contributed by atoms with Gasteiger partial charge >= 0.3 is 0 Å². The van der Waals surface area contributed by atoms with Gasteiger partial charge in [-0.15, -0.1) is 5.06 Å². The van der Waals surface area contributed by atoms with E-state index in [1.165, 1.54) is 0 Å². The van der Waals surface area contributed by atoms with Gasteiger partial charge in [0.05, 0.1) is 11.1 Å². The summed E-state index contributed by atoms with van der Waals surface area (Å²) in [4.78, 5) is 29.5. The molecule has 3 rings (SSSR count). The third kappa shape index (κ3) is 2.34. The molecule has 0 N–H and O–H groups in total. The zero-order chi connectivity index (χ0) is 14.1. The first-order valence-corrected chi connectivity index (χ1v) is 7.10. The number of rotatable bonds is 3. The molecule has 0 spiro atoms. The standard InChI is InChI=1S/C15H10INO3/c16-11-5-3-4-10(8-11)9-20-17-14(18)12-6-1-2-7-13(12)15(17)19/h1-8H,9H2. The number of halogens is 1. The van der Waals surface area contributed by atoms with Crippen LogP contribution in [0.5, 0.6) is 0 Å². The van der Waals surface area contributed by atoms with Crippen molar-refractivity contribution in [2.24, 2.45) is 0 Å². The highest BCUT2D eigenvalue weighted by atomic mass is 127. The topological polar surface area (TPSA) is 46.6 Å². The maximum Gasteiger partial charge on any atom is 0.285 e. The summed E-state index contributed by atoms with van der Waals surface area (Å²) < 4.78 is 1.08. The molecule has 4 nitrogen and oxygen atoms in total. The Morgan fingerprint density at radius 3 is 2.20 bits per heavy atom. The lowest BCUT2D eigenvalue weighted by molar-refractivity contribution is -0.101. The van der Waals surface area contributed by atoms with Gasteiger partial charge in [-0.1, -0.05) is 24.3 Å². The molecule has 0 saturated heterocycles. The molecule has 1 aliphatic heterocycles. The Morgan fingerprint density at radius 1 is 0.950 bits per heavy atom. The number of hydrogen-bond acceptors (Lipinski definition) is 3. The molecule has 0 unspecified atom stereocenters. The quantitative estimate of drug-likeness (QED) is 0.609. The van der Waals surface area contributed by atoms with Crippen molar-refractivity contribution >= 4 is 34.4 Å². The van der Waals surface area contributed by atoms with Crippen LogP contribution in [-0.2, 0) is 11.4 Å². The number of hydrogen-bond donors (Lipinski definition) is 0. The van der Waals surface area contributed by atoms with Crippen molar-refractivity contribution in [3.63, 3.8) is 0 Å². The predicted molar refractivity (Wildman–Crippen MR) is 80.9 cm³/mol. The first kappa shape index (κ1) is 13.3. The van der Waals surface area contributed by atoms with Crippen molar-refractivity contribution in [1.82, 2.24) is 5.06 Å². The highest BCUT2D eigenvalue weighted by molar-refractivity contribution is 14.1. The third-order valence-electron chi connectivity index (χ3n) is 3.01. The van der Waals surface area contributed by atoms with Crippen molar-refractivity contribution in [3.8, 4) is 0 Å². The molecule has 2 amide bonds. The number of hydroxylamine groups is 2. The van der Waals surface area contributed by atoms with Crippen LogP contribution < -0.4 is 0 Å². The highest BCUT2D eigenvalue weighted by Crippen LogP contribution is 2.23. The van der Waals surface area contributed by atoms with Gasteiger partial charge in [0.15, 0.2) is 0 Å². The van der Waals surface area contributed by atoms with Crippen LogP contribution in [0.25, 0.3) is 0 Å². The lowest BCUT2D eigenvalue weighted by Gasteiger charge is -2.13. The van der Waals surface area contributed by atoms with Gasteiger partial charge in [0, 0.05) is 3.57 Å². The Morgan fingerprint density at radius 2 is 1.60 bits per heavy atom. The Labute approximate surface area is 129 Å². The Hall–Kier alpha value is -1.73. The fraction of sp³-hybridized carbons (Fsp3) is 0.0667. The van der Waals surface area contributed by atoms with E-state index in [0.717, 1.165) is 14.2 Å².